The van der Waals surface area contributed by atoms with Gasteiger partial charge in [0.25, 0.3) is 0 Å². The van der Waals surface area contributed by atoms with E-state index in [-0.39, 0.29) is 42.0 Å². The molecule has 1 N–H and O–H groups in total. The smallest absolute Gasteiger partial charge is 0.238 e. The number of fused-ring (bicyclic) bond motifs is 4. The molecule has 4 aliphatic rings. The Morgan fingerprint density at radius 3 is 2.10 bits per heavy atom. The Labute approximate surface area is 348 Å². The number of hydrogen-bond donors (Lipinski definition) is 1. The minimum Gasteiger partial charge on any atom is -0.508 e. The summed E-state index contributed by atoms with van der Waals surface area (Å²) in [5, 5.41) is 11.7. The van der Waals surface area contributed by atoms with Crippen molar-refractivity contribution in [2.24, 2.45) is 23.7 Å². The highest BCUT2D eigenvalue weighted by Gasteiger charge is 2.66. The summed E-state index contributed by atoms with van der Waals surface area (Å²) in [6.07, 6.45) is 7.69. The third-order valence-corrected chi connectivity index (χ3v) is 13.0. The molecule has 3 aliphatic carbocycles. The highest BCUT2D eigenvalue weighted by Crippen LogP contribution is 2.64. The van der Waals surface area contributed by atoms with Crippen molar-refractivity contribution in [3.63, 3.8) is 0 Å². The van der Waals surface area contributed by atoms with Crippen molar-refractivity contribution in [3.8, 4) is 23.0 Å². The number of carbonyl (C=O) groups is 4. The van der Waals surface area contributed by atoms with Gasteiger partial charge < -0.3 is 19.3 Å². The molecule has 2 amide bonds. The molecule has 5 aromatic rings. The number of rotatable bonds is 9. The van der Waals surface area contributed by atoms with E-state index in [1.165, 1.54) is 24.2 Å². The molecule has 1 aliphatic heterocycles. The Morgan fingerprint density at radius 2 is 1.40 bits per heavy atom. The lowest BCUT2D eigenvalue weighted by molar-refractivity contribution is -0.135. The lowest BCUT2D eigenvalue weighted by Crippen LogP contribution is -2.58. The average Bonchev–Trinajstić information content (AvgIpc) is 3.55. The number of allylic oxidation sites excluding steroid dienone is 4. The number of amides is 2. The van der Waals surface area contributed by atoms with Crippen LogP contribution in [0.5, 0.6) is 23.0 Å². The van der Waals surface area contributed by atoms with Crippen LogP contribution in [-0.4, -0.2) is 49.8 Å². The summed E-state index contributed by atoms with van der Waals surface area (Å²) >= 11 is 0. The molecule has 6 atom stereocenters. The first-order valence-electron chi connectivity index (χ1n) is 20.1. The number of imide groups is 1. The first-order chi connectivity index (χ1) is 29.2. The number of Topliss-reactive ketones (excluding diaryl/α,β-unsaturated/α-hetero) is 1. The van der Waals surface area contributed by atoms with Crippen LogP contribution >= 0.6 is 0 Å². The minimum absolute atomic E-state index is 0.0638. The van der Waals surface area contributed by atoms with Gasteiger partial charge in [0.1, 0.15) is 23.0 Å². The van der Waals surface area contributed by atoms with Gasteiger partial charge in [0.15, 0.2) is 11.6 Å². The van der Waals surface area contributed by atoms with Gasteiger partial charge in [-0.1, -0.05) is 96.6 Å². The van der Waals surface area contributed by atoms with Crippen molar-refractivity contribution in [2.75, 3.05) is 26.2 Å². The zero-order valence-electron chi connectivity index (χ0n) is 33.4. The zero-order chi connectivity index (χ0) is 41.7. The third kappa shape index (κ3) is 6.06. The topological polar surface area (TPSA) is 119 Å². The Morgan fingerprint density at radius 1 is 0.717 bits per heavy atom. The molecule has 5 aromatic carbocycles. The van der Waals surface area contributed by atoms with Gasteiger partial charge in [-0.15, -0.1) is 0 Å². The number of hydrogen-bond acceptors (Lipinski definition) is 8. The number of phenolic OH excluding ortho intramolecular Hbond substituents is 1. The maximum atomic E-state index is 15.3. The van der Waals surface area contributed by atoms with Gasteiger partial charge in [-0.3, -0.25) is 24.1 Å². The second-order valence-electron chi connectivity index (χ2n) is 15.8. The second kappa shape index (κ2) is 15.3. The molecule has 0 unspecified atom stereocenters. The van der Waals surface area contributed by atoms with Crippen molar-refractivity contribution in [3.05, 3.63) is 167 Å². The normalized spacial score (nSPS) is 24.6. The predicted molar refractivity (Wildman–Crippen MR) is 229 cm³/mol. The van der Waals surface area contributed by atoms with Gasteiger partial charge in [-0.2, -0.15) is 0 Å². The van der Waals surface area contributed by atoms with E-state index >= 15 is 9.59 Å². The van der Waals surface area contributed by atoms with Crippen LogP contribution in [-0.2, 0) is 24.6 Å². The summed E-state index contributed by atoms with van der Waals surface area (Å²) in [7, 11) is 4.74. The summed E-state index contributed by atoms with van der Waals surface area (Å²) in [5.74, 6) is -3.21. The number of nitrogens with zero attached hydrogens (tertiary/aromatic N) is 1. The van der Waals surface area contributed by atoms with Gasteiger partial charge in [-0.05, 0) is 90.1 Å². The van der Waals surface area contributed by atoms with E-state index in [2.05, 4.69) is 0 Å². The van der Waals surface area contributed by atoms with E-state index < -0.39 is 35.0 Å². The molecule has 9 nitrogen and oxygen atoms in total. The van der Waals surface area contributed by atoms with Crippen LogP contribution in [0.2, 0.25) is 0 Å². The Balaban J connectivity index is 1.14. The fraction of sp³-hybridized carbons (Fsp3) is 0.216. The average molecular weight is 798 g/mol. The van der Waals surface area contributed by atoms with Crippen molar-refractivity contribution in [2.45, 2.75) is 24.2 Å². The van der Waals surface area contributed by atoms with Crippen molar-refractivity contribution < 1.29 is 38.5 Å². The fourth-order valence-electron chi connectivity index (χ4n) is 10.3. The van der Waals surface area contributed by atoms with Gasteiger partial charge in [-0.25, -0.2) is 0 Å². The molecule has 2 fully saturated rings. The molecule has 0 bridgehead atoms. The lowest BCUT2D eigenvalue weighted by Gasteiger charge is -2.55. The first-order valence-corrected chi connectivity index (χ1v) is 20.1. The summed E-state index contributed by atoms with van der Waals surface area (Å²) in [6.45, 7) is 0. The van der Waals surface area contributed by atoms with Crippen LogP contribution in [0.4, 0.5) is 5.69 Å². The maximum absolute atomic E-state index is 15.3. The van der Waals surface area contributed by atoms with Crippen LogP contribution in [0.1, 0.15) is 46.6 Å². The highest BCUT2D eigenvalue weighted by atomic mass is 16.5. The van der Waals surface area contributed by atoms with Gasteiger partial charge in [0, 0.05) is 28.5 Å². The van der Waals surface area contributed by atoms with Crippen LogP contribution in [0, 0.1) is 23.7 Å². The Hall–Kier alpha value is -7.00. The zero-order valence-corrected chi connectivity index (χ0v) is 33.4. The minimum atomic E-state index is -1.47. The fourth-order valence-corrected chi connectivity index (χ4v) is 10.3. The molecule has 0 spiro atoms. The number of ketones is 2. The SMILES string of the molecule is COc1ccc(OC)c(C=Cc2ccc(N3C(=O)[C@H]4[C@H](CC=C5[C@H]4C[C@H]4C(=O)C(c6ccccc6)=CC(=O)[C@@]4(c4ccccc4)[C@H]5c4cc(OC)ccc4O)C3=O)cc2)c1. The molecular formula is C51H43NO8. The van der Waals surface area contributed by atoms with Crippen molar-refractivity contribution in [1.82, 2.24) is 0 Å². The van der Waals surface area contributed by atoms with Crippen LogP contribution in [0.25, 0.3) is 17.7 Å². The number of ether oxygens (including phenoxy) is 3. The van der Waals surface area contributed by atoms with E-state index in [9.17, 15) is 14.7 Å². The first kappa shape index (κ1) is 38.5. The lowest BCUT2D eigenvalue weighted by atomic mass is 9.44. The number of methoxy groups -OCH3 is 3. The van der Waals surface area contributed by atoms with E-state index in [1.54, 1.807) is 38.5 Å². The number of benzene rings is 5. The van der Waals surface area contributed by atoms with Crippen LogP contribution < -0.4 is 19.1 Å². The summed E-state index contributed by atoms with van der Waals surface area (Å²) < 4.78 is 16.6. The molecule has 1 saturated carbocycles. The van der Waals surface area contributed by atoms with Crippen molar-refractivity contribution in [1.29, 1.82) is 0 Å². The van der Waals surface area contributed by atoms with Crippen LogP contribution in [0.3, 0.4) is 0 Å². The summed E-state index contributed by atoms with van der Waals surface area (Å²) in [4.78, 5) is 61.1. The highest BCUT2D eigenvalue weighted by molar-refractivity contribution is 6.32. The molecule has 9 rings (SSSR count). The number of carbonyl (C=O) groups excluding carboxylic acids is 4. The molecule has 0 radical (unpaired) electrons. The largest absolute Gasteiger partial charge is 0.508 e. The van der Waals surface area contributed by atoms with Gasteiger partial charge in [0.05, 0.1) is 44.3 Å². The number of phenols is 1. The molecule has 1 saturated heterocycles. The molecule has 60 heavy (non-hydrogen) atoms. The predicted octanol–water partition coefficient (Wildman–Crippen LogP) is 8.62. The second-order valence-corrected chi connectivity index (χ2v) is 15.8. The maximum Gasteiger partial charge on any atom is 0.238 e. The van der Waals surface area contributed by atoms with Crippen molar-refractivity contribution >= 4 is 46.8 Å². The van der Waals surface area contributed by atoms with Gasteiger partial charge >= 0.3 is 0 Å². The van der Waals surface area contributed by atoms with E-state index in [1.807, 2.05) is 109 Å². The van der Waals surface area contributed by atoms with Crippen LogP contribution in [0.15, 0.2) is 139 Å². The molecule has 300 valence electrons. The van der Waals surface area contributed by atoms with E-state index in [0.29, 0.717) is 45.2 Å². The monoisotopic (exact) mass is 797 g/mol. The van der Waals surface area contributed by atoms with E-state index in [4.69, 9.17) is 14.2 Å². The number of anilines is 1. The summed E-state index contributed by atoms with van der Waals surface area (Å²) in [5.41, 5.74) is 3.39. The Bertz CT molecular complexity index is 2630. The molecule has 1 heterocycles. The standard InChI is InChI=1S/C51H43NO8/c1-58-35-21-25-44(60-3)32(26-35)17-14-30-15-18-34(19-16-30)52-49(56)38-23-22-37-40(46(38)50(52)57)28-42-48(55)39(31-10-6-4-7-11-31)29-45(54)51(42,33-12-8-5-9-13-33)47(37)41-27-36(59-2)20-24-43(41)53/h4-22,24-27,29,38,40,42,46-47,53H,23,28H2,1-3H3/t38-,40+,42-,46-,47+,51-/m0/s1. The van der Waals surface area contributed by atoms with Gasteiger partial charge in [0.2, 0.25) is 11.8 Å². The van der Waals surface area contributed by atoms with E-state index in [0.717, 1.165) is 16.7 Å². The number of aromatic hydroxyl groups is 1. The molecule has 9 heteroatoms. The molecular weight excluding hydrogens is 755 g/mol. The Kier molecular flexibility index (Phi) is 9.83. The third-order valence-electron chi connectivity index (χ3n) is 13.0. The summed E-state index contributed by atoms with van der Waals surface area (Å²) in [6, 6.07) is 36.1. The quantitative estimate of drug-likeness (QED) is 0.0895. The molecule has 0 aromatic heterocycles.